The summed E-state index contributed by atoms with van der Waals surface area (Å²) in [6.07, 6.45) is 1.01. The fourth-order valence-corrected chi connectivity index (χ4v) is 1.66. The molecule has 1 unspecified atom stereocenters. The van der Waals surface area contributed by atoms with Gasteiger partial charge in [-0.3, -0.25) is 4.79 Å². The maximum Gasteiger partial charge on any atom is 0.236 e. The van der Waals surface area contributed by atoms with Crippen molar-refractivity contribution in [2.24, 2.45) is 5.73 Å². The van der Waals surface area contributed by atoms with Crippen LogP contribution in [0.3, 0.4) is 0 Å². The van der Waals surface area contributed by atoms with Crippen molar-refractivity contribution in [3.05, 3.63) is 0 Å². The van der Waals surface area contributed by atoms with Gasteiger partial charge >= 0.3 is 0 Å². The molecule has 0 aliphatic rings. The van der Waals surface area contributed by atoms with Crippen LogP contribution in [0, 0.1) is 0 Å². The van der Waals surface area contributed by atoms with Crippen LogP contribution < -0.4 is 11.1 Å². The number of hydrogen-bond donors (Lipinski definition) is 2. The highest BCUT2D eigenvalue weighted by atomic mass is 32.2. The van der Waals surface area contributed by atoms with Crippen molar-refractivity contribution < 1.29 is 4.79 Å². The second kappa shape index (κ2) is 7.21. The molecular formula is C9H20N2OS. The summed E-state index contributed by atoms with van der Waals surface area (Å²) in [4.78, 5) is 11.1. The summed E-state index contributed by atoms with van der Waals surface area (Å²) >= 11 is 1.89. The molecule has 0 bridgehead atoms. The van der Waals surface area contributed by atoms with Gasteiger partial charge < -0.3 is 11.1 Å². The summed E-state index contributed by atoms with van der Waals surface area (Å²) in [5.41, 5.74) is 5.42. The van der Waals surface area contributed by atoms with Crippen molar-refractivity contribution in [3.8, 4) is 0 Å². The molecule has 1 amide bonds. The van der Waals surface area contributed by atoms with E-state index >= 15 is 0 Å². The van der Waals surface area contributed by atoms with E-state index in [-0.39, 0.29) is 11.9 Å². The lowest BCUT2D eigenvalue weighted by Crippen LogP contribution is -2.42. The third-order valence-corrected chi connectivity index (χ3v) is 2.63. The maximum absolute atomic E-state index is 11.1. The molecule has 3 N–H and O–H groups in total. The molecule has 0 saturated carbocycles. The minimum Gasteiger partial charge on any atom is -0.352 e. The molecule has 0 fully saturated rings. The minimum absolute atomic E-state index is 0.0611. The Balaban J connectivity index is 3.50. The number of nitrogens with one attached hydrogen (secondary N) is 1. The largest absolute Gasteiger partial charge is 0.352 e. The minimum atomic E-state index is -0.402. The van der Waals surface area contributed by atoms with Gasteiger partial charge in [0, 0.05) is 6.04 Å². The van der Waals surface area contributed by atoms with Gasteiger partial charge in [-0.15, -0.1) is 0 Å². The highest BCUT2D eigenvalue weighted by Crippen LogP contribution is 2.03. The Morgan fingerprint density at radius 2 is 2.15 bits per heavy atom. The summed E-state index contributed by atoms with van der Waals surface area (Å²) in [5, 5.41) is 2.86. The molecule has 0 heterocycles. The van der Waals surface area contributed by atoms with Crippen LogP contribution >= 0.6 is 11.8 Å². The molecule has 4 heteroatoms. The number of rotatable bonds is 6. The summed E-state index contributed by atoms with van der Waals surface area (Å²) in [6, 6.07) is -0.168. The topological polar surface area (TPSA) is 55.1 Å². The number of nitrogens with two attached hydrogens (primary N) is 1. The van der Waals surface area contributed by atoms with E-state index in [1.54, 1.807) is 6.92 Å². The zero-order valence-corrected chi connectivity index (χ0v) is 9.49. The van der Waals surface area contributed by atoms with E-state index in [1.807, 2.05) is 18.7 Å². The first kappa shape index (κ1) is 12.8. The Morgan fingerprint density at radius 3 is 2.62 bits per heavy atom. The van der Waals surface area contributed by atoms with Gasteiger partial charge in [0.05, 0.1) is 6.04 Å². The number of carbonyl (C=O) groups is 1. The lowest BCUT2D eigenvalue weighted by atomic mass is 10.2. The van der Waals surface area contributed by atoms with Crippen LogP contribution in [0.5, 0.6) is 0 Å². The predicted octanol–water partition coefficient (Wildman–Crippen LogP) is 0.981. The van der Waals surface area contributed by atoms with Crippen molar-refractivity contribution in [2.75, 3.05) is 11.5 Å². The van der Waals surface area contributed by atoms with E-state index in [0.29, 0.717) is 0 Å². The maximum atomic E-state index is 11.1. The molecule has 3 nitrogen and oxygen atoms in total. The summed E-state index contributed by atoms with van der Waals surface area (Å²) in [6.45, 7) is 5.84. The lowest BCUT2D eigenvalue weighted by Gasteiger charge is -2.14. The third-order valence-electron chi connectivity index (χ3n) is 1.70. The van der Waals surface area contributed by atoms with Crippen LogP contribution in [0.4, 0.5) is 0 Å². The molecule has 0 saturated heterocycles. The first-order valence-electron chi connectivity index (χ1n) is 4.71. The van der Waals surface area contributed by atoms with E-state index in [2.05, 4.69) is 12.2 Å². The van der Waals surface area contributed by atoms with Crippen molar-refractivity contribution in [3.63, 3.8) is 0 Å². The zero-order chi connectivity index (χ0) is 10.3. The summed E-state index contributed by atoms with van der Waals surface area (Å²) < 4.78 is 0. The van der Waals surface area contributed by atoms with Crippen molar-refractivity contribution in [1.82, 2.24) is 5.32 Å². The van der Waals surface area contributed by atoms with Crippen molar-refractivity contribution >= 4 is 17.7 Å². The van der Waals surface area contributed by atoms with E-state index in [9.17, 15) is 4.79 Å². The Kier molecular flexibility index (Phi) is 7.09. The molecule has 0 spiro atoms. The molecule has 0 aromatic rings. The van der Waals surface area contributed by atoms with Crippen LogP contribution in [0.25, 0.3) is 0 Å². The van der Waals surface area contributed by atoms with Gasteiger partial charge in [-0.05, 0) is 31.8 Å². The number of amides is 1. The first-order valence-corrected chi connectivity index (χ1v) is 5.87. The Labute approximate surface area is 84.8 Å². The van der Waals surface area contributed by atoms with Gasteiger partial charge in [-0.2, -0.15) is 11.8 Å². The van der Waals surface area contributed by atoms with Gasteiger partial charge in [0.15, 0.2) is 0 Å². The van der Waals surface area contributed by atoms with Gasteiger partial charge in [-0.1, -0.05) is 6.92 Å². The Bertz CT molecular complexity index is 151. The lowest BCUT2D eigenvalue weighted by molar-refractivity contribution is -0.122. The van der Waals surface area contributed by atoms with Gasteiger partial charge in [-0.25, -0.2) is 0 Å². The highest BCUT2D eigenvalue weighted by molar-refractivity contribution is 7.99. The molecule has 0 rings (SSSR count). The third kappa shape index (κ3) is 6.90. The highest BCUT2D eigenvalue weighted by Gasteiger charge is 2.10. The molecule has 0 aromatic heterocycles. The van der Waals surface area contributed by atoms with Crippen molar-refractivity contribution in [2.45, 2.75) is 39.3 Å². The van der Waals surface area contributed by atoms with Gasteiger partial charge in [0.2, 0.25) is 5.91 Å². The van der Waals surface area contributed by atoms with E-state index in [0.717, 1.165) is 17.9 Å². The smallest absolute Gasteiger partial charge is 0.236 e. The van der Waals surface area contributed by atoms with Crippen LogP contribution in [0.1, 0.15) is 27.2 Å². The molecule has 0 aromatic carbocycles. The fourth-order valence-electron chi connectivity index (χ4n) is 0.851. The van der Waals surface area contributed by atoms with Gasteiger partial charge in [0.1, 0.15) is 0 Å². The number of carbonyl (C=O) groups excluding carboxylic acids is 1. The second-order valence-corrected chi connectivity index (χ2v) is 4.58. The van der Waals surface area contributed by atoms with Crippen LogP contribution in [-0.4, -0.2) is 29.5 Å². The molecule has 0 aliphatic heterocycles. The molecule has 13 heavy (non-hydrogen) atoms. The monoisotopic (exact) mass is 204 g/mol. The normalized spacial score (nSPS) is 15.1. The average Bonchev–Trinajstić information content (AvgIpc) is 2.04. The SMILES string of the molecule is CCSCCC(C)NC(=O)[C@@H](C)N. The van der Waals surface area contributed by atoms with Crippen molar-refractivity contribution in [1.29, 1.82) is 0 Å². The Hall–Kier alpha value is -0.220. The number of hydrogen-bond acceptors (Lipinski definition) is 3. The van der Waals surface area contributed by atoms with Crippen LogP contribution in [0.2, 0.25) is 0 Å². The molecule has 2 atom stereocenters. The summed E-state index contributed by atoms with van der Waals surface area (Å²) in [5.74, 6) is 2.17. The quantitative estimate of drug-likeness (QED) is 0.634. The van der Waals surface area contributed by atoms with E-state index in [1.165, 1.54) is 0 Å². The van der Waals surface area contributed by atoms with Crippen LogP contribution in [0.15, 0.2) is 0 Å². The van der Waals surface area contributed by atoms with Gasteiger partial charge in [0.25, 0.3) is 0 Å². The van der Waals surface area contributed by atoms with E-state index in [4.69, 9.17) is 5.73 Å². The second-order valence-electron chi connectivity index (χ2n) is 3.18. The average molecular weight is 204 g/mol. The van der Waals surface area contributed by atoms with Crippen LogP contribution in [-0.2, 0) is 4.79 Å². The Morgan fingerprint density at radius 1 is 1.54 bits per heavy atom. The predicted molar refractivity (Wildman–Crippen MR) is 58.9 cm³/mol. The fraction of sp³-hybridized carbons (Fsp3) is 0.889. The molecule has 78 valence electrons. The molecular weight excluding hydrogens is 184 g/mol. The molecule has 0 radical (unpaired) electrons. The first-order chi connectivity index (χ1) is 6.07. The van der Waals surface area contributed by atoms with E-state index < -0.39 is 6.04 Å². The number of thioether (sulfide) groups is 1. The molecule has 0 aliphatic carbocycles. The summed E-state index contributed by atoms with van der Waals surface area (Å²) in [7, 11) is 0. The zero-order valence-electron chi connectivity index (χ0n) is 8.67. The standard InChI is InChI=1S/C9H20N2OS/c1-4-13-6-5-7(2)11-9(12)8(3)10/h7-8H,4-6,10H2,1-3H3,(H,11,12)/t7?,8-/m1/s1.